The molecule has 2 aromatic carbocycles. The van der Waals surface area contributed by atoms with Crippen LogP contribution in [0.25, 0.3) is 0 Å². The fourth-order valence-corrected chi connectivity index (χ4v) is 7.01. The molecule has 2 fully saturated rings. The maximum atomic E-state index is 15.0. The maximum Gasteiger partial charge on any atom is 0.238 e. The molecule has 2 aliphatic heterocycles. The third-order valence-corrected chi connectivity index (χ3v) is 8.76. The van der Waals surface area contributed by atoms with E-state index in [1.807, 2.05) is 6.07 Å². The summed E-state index contributed by atoms with van der Waals surface area (Å²) in [4.78, 5) is 28.1. The molecule has 2 amide bonds. The van der Waals surface area contributed by atoms with E-state index < -0.39 is 29.2 Å². The van der Waals surface area contributed by atoms with E-state index in [0.717, 1.165) is 5.56 Å². The minimum atomic E-state index is -1.27. The van der Waals surface area contributed by atoms with E-state index in [4.69, 9.17) is 23.2 Å². The van der Waals surface area contributed by atoms with Gasteiger partial charge in [-0.1, -0.05) is 56.1 Å². The third kappa shape index (κ3) is 4.83. The smallest absolute Gasteiger partial charge is 0.238 e. The third-order valence-electron chi connectivity index (χ3n) is 8.23. The normalized spacial score (nSPS) is 30.8. The van der Waals surface area contributed by atoms with Crippen LogP contribution in [-0.4, -0.2) is 41.2 Å². The summed E-state index contributed by atoms with van der Waals surface area (Å²) in [6.07, 6.45) is 2.85. The van der Waals surface area contributed by atoms with Crippen LogP contribution in [-0.2, 0) is 15.0 Å². The van der Waals surface area contributed by atoms with E-state index in [1.54, 1.807) is 18.2 Å². The number of amides is 2. The van der Waals surface area contributed by atoms with Crippen molar-refractivity contribution in [2.75, 3.05) is 5.32 Å². The van der Waals surface area contributed by atoms with Crippen molar-refractivity contribution < 1.29 is 19.1 Å². The Kier molecular flexibility index (Phi) is 7.27. The average molecular weight is 563 g/mol. The summed E-state index contributed by atoms with van der Waals surface area (Å²) in [6.45, 7) is 6.23. The monoisotopic (exact) mass is 561 g/mol. The fraction of sp³-hybridized carbons (Fsp3) is 0.517. The molecule has 204 valence electrons. The van der Waals surface area contributed by atoms with E-state index >= 15 is 0 Å². The van der Waals surface area contributed by atoms with Crippen molar-refractivity contribution >= 4 is 40.7 Å². The number of anilines is 1. The number of hydrogen-bond donors (Lipinski definition) is 4. The molecule has 1 spiro atoms. The maximum absolute atomic E-state index is 15.0. The Morgan fingerprint density at radius 2 is 1.87 bits per heavy atom. The number of fused-ring (bicyclic) bond motifs is 2. The highest BCUT2D eigenvalue weighted by molar-refractivity contribution is 6.31. The quantitative estimate of drug-likeness (QED) is 0.407. The Balaban J connectivity index is 1.66. The van der Waals surface area contributed by atoms with E-state index in [1.165, 1.54) is 12.1 Å². The predicted molar refractivity (Wildman–Crippen MR) is 147 cm³/mol. The highest BCUT2D eigenvalue weighted by Crippen LogP contribution is 2.57. The zero-order valence-electron chi connectivity index (χ0n) is 21.8. The molecule has 2 heterocycles. The molecular weight excluding hydrogens is 528 g/mol. The van der Waals surface area contributed by atoms with Gasteiger partial charge in [0.2, 0.25) is 11.8 Å². The molecule has 2 aromatic rings. The van der Waals surface area contributed by atoms with Crippen molar-refractivity contribution in [3.8, 4) is 0 Å². The second kappa shape index (κ2) is 10.1. The number of aliphatic hydroxyl groups is 1. The Labute approximate surface area is 232 Å². The number of aliphatic hydroxyl groups excluding tert-OH is 1. The number of carbonyl (C=O) groups excluding carboxylic acids is 2. The molecule has 4 unspecified atom stereocenters. The number of benzene rings is 2. The lowest BCUT2D eigenvalue weighted by Gasteiger charge is -2.37. The van der Waals surface area contributed by atoms with Gasteiger partial charge >= 0.3 is 0 Å². The first-order valence-electron chi connectivity index (χ1n) is 13.2. The Bertz CT molecular complexity index is 1260. The van der Waals surface area contributed by atoms with Crippen molar-refractivity contribution in [1.82, 2.24) is 10.6 Å². The lowest BCUT2D eigenvalue weighted by molar-refractivity contribution is -0.124. The topological polar surface area (TPSA) is 90.5 Å². The summed E-state index contributed by atoms with van der Waals surface area (Å²) >= 11 is 12.5. The van der Waals surface area contributed by atoms with Crippen LogP contribution in [0.2, 0.25) is 10.0 Å². The minimum absolute atomic E-state index is 0.0636. The molecule has 4 N–H and O–H groups in total. The summed E-state index contributed by atoms with van der Waals surface area (Å²) in [5, 5.41) is 20.0. The minimum Gasteiger partial charge on any atom is -0.393 e. The van der Waals surface area contributed by atoms with Crippen LogP contribution in [0.5, 0.6) is 0 Å². The molecule has 4 atom stereocenters. The van der Waals surface area contributed by atoms with Crippen LogP contribution in [0, 0.1) is 11.2 Å². The van der Waals surface area contributed by atoms with E-state index in [9.17, 15) is 19.1 Å². The largest absolute Gasteiger partial charge is 0.393 e. The van der Waals surface area contributed by atoms with Gasteiger partial charge in [0.15, 0.2) is 0 Å². The highest BCUT2D eigenvalue weighted by Gasteiger charge is 2.66. The van der Waals surface area contributed by atoms with E-state index in [0.29, 0.717) is 48.4 Å². The Morgan fingerprint density at radius 3 is 2.53 bits per heavy atom. The van der Waals surface area contributed by atoms with Crippen molar-refractivity contribution in [1.29, 1.82) is 0 Å². The first-order valence-corrected chi connectivity index (χ1v) is 14.0. The van der Waals surface area contributed by atoms with Gasteiger partial charge in [0, 0.05) is 28.7 Å². The summed E-state index contributed by atoms with van der Waals surface area (Å²) in [7, 11) is 0. The molecule has 1 aliphatic carbocycles. The van der Waals surface area contributed by atoms with Crippen molar-refractivity contribution in [3.63, 3.8) is 0 Å². The SMILES string of the molecule is CC(C)(C)CC1NC(C(=O)N[C@H]2CC[C@H](O)CC2)C(c2cccc(Cl)c2)C12C(=O)Nc1cc(Cl)c(F)cc12. The van der Waals surface area contributed by atoms with Crippen LogP contribution in [0.1, 0.15) is 69.9 Å². The van der Waals surface area contributed by atoms with Gasteiger partial charge in [-0.2, -0.15) is 0 Å². The van der Waals surface area contributed by atoms with Gasteiger partial charge in [-0.3, -0.25) is 9.59 Å². The van der Waals surface area contributed by atoms with Gasteiger partial charge in [-0.25, -0.2) is 4.39 Å². The van der Waals surface area contributed by atoms with E-state index in [-0.39, 0.29) is 34.4 Å². The van der Waals surface area contributed by atoms with Gasteiger partial charge in [0.05, 0.1) is 17.2 Å². The summed E-state index contributed by atoms with van der Waals surface area (Å²) in [5.74, 6) is -1.79. The standard InChI is InChI=1S/C29H34Cl2FN3O3/c1-28(2,3)14-23-29(19-12-21(32)20(31)13-22(19)34-27(29)38)24(15-5-4-6-16(30)11-15)25(35-23)26(37)33-17-7-9-18(36)10-8-17/h4-6,11-13,17-18,23-25,35-36H,7-10,14H2,1-3H3,(H,33,37)(H,34,38)/t17-,18-,23?,24?,25?,29?. The summed E-state index contributed by atoms with van der Waals surface area (Å²) in [6, 6.07) is 8.67. The second-order valence-corrected chi connectivity index (χ2v) is 13.0. The molecule has 5 rings (SSSR count). The van der Waals surface area contributed by atoms with Crippen LogP contribution in [0.15, 0.2) is 36.4 Å². The molecule has 3 aliphatic rings. The van der Waals surface area contributed by atoms with Gasteiger partial charge < -0.3 is 21.1 Å². The Morgan fingerprint density at radius 1 is 1.16 bits per heavy atom. The van der Waals surface area contributed by atoms with E-state index in [2.05, 4.69) is 36.7 Å². The molecule has 0 aromatic heterocycles. The number of hydrogen-bond acceptors (Lipinski definition) is 4. The molecule has 38 heavy (non-hydrogen) atoms. The molecule has 1 saturated heterocycles. The molecule has 6 nitrogen and oxygen atoms in total. The number of nitrogens with one attached hydrogen (secondary N) is 3. The van der Waals surface area contributed by atoms with Crippen molar-refractivity contribution in [2.45, 2.75) is 88.4 Å². The van der Waals surface area contributed by atoms with Gasteiger partial charge in [-0.05, 0) is 72.9 Å². The van der Waals surface area contributed by atoms with Gasteiger partial charge in [0.25, 0.3) is 0 Å². The molecule has 0 radical (unpaired) electrons. The predicted octanol–water partition coefficient (Wildman–Crippen LogP) is 5.30. The van der Waals surface area contributed by atoms with Crippen molar-refractivity contribution in [2.24, 2.45) is 5.41 Å². The first-order chi connectivity index (χ1) is 17.9. The van der Waals surface area contributed by atoms with Gasteiger partial charge in [0.1, 0.15) is 11.2 Å². The fourth-order valence-electron chi connectivity index (χ4n) is 6.65. The lowest BCUT2D eigenvalue weighted by Crippen LogP contribution is -2.49. The number of carbonyl (C=O) groups is 2. The summed E-state index contributed by atoms with van der Waals surface area (Å²) < 4.78 is 15.0. The van der Waals surface area contributed by atoms with Gasteiger partial charge in [-0.15, -0.1) is 0 Å². The highest BCUT2D eigenvalue weighted by atomic mass is 35.5. The molecule has 9 heteroatoms. The second-order valence-electron chi connectivity index (χ2n) is 12.1. The zero-order valence-corrected chi connectivity index (χ0v) is 23.3. The van der Waals surface area contributed by atoms with Crippen LogP contribution in [0.4, 0.5) is 10.1 Å². The van der Waals surface area contributed by atoms with Crippen molar-refractivity contribution in [3.05, 3.63) is 63.4 Å². The molecule has 0 bridgehead atoms. The lowest BCUT2D eigenvalue weighted by atomic mass is 9.62. The Hall–Kier alpha value is -2.19. The molecule has 1 saturated carbocycles. The first kappa shape index (κ1) is 27.4. The summed E-state index contributed by atoms with van der Waals surface area (Å²) in [5.41, 5.74) is 0.189. The number of halogens is 3. The number of rotatable bonds is 4. The van der Waals surface area contributed by atoms with Crippen LogP contribution in [0.3, 0.4) is 0 Å². The molecular formula is C29H34Cl2FN3O3. The van der Waals surface area contributed by atoms with Crippen LogP contribution < -0.4 is 16.0 Å². The average Bonchev–Trinajstić information content (AvgIpc) is 3.30. The van der Waals surface area contributed by atoms with Crippen LogP contribution >= 0.6 is 23.2 Å². The zero-order chi connectivity index (χ0) is 27.4.